The Morgan fingerprint density at radius 2 is 1.66 bits per heavy atom. The van der Waals surface area contributed by atoms with Crippen LogP contribution in [0.1, 0.15) is 27.2 Å². The van der Waals surface area contributed by atoms with Crippen LogP contribution in [0.2, 0.25) is 5.02 Å². The van der Waals surface area contributed by atoms with Crippen molar-refractivity contribution in [2.75, 3.05) is 39.3 Å². The highest BCUT2D eigenvalue weighted by Crippen LogP contribution is 2.27. The topological polar surface area (TPSA) is 70.2 Å². The average Bonchev–Trinajstić information content (AvgIpc) is 3.09. The van der Waals surface area contributed by atoms with Crippen LogP contribution in [0, 0.1) is 5.92 Å². The maximum absolute atomic E-state index is 12.8. The van der Waals surface area contributed by atoms with Crippen LogP contribution in [0.25, 0.3) is 0 Å². The van der Waals surface area contributed by atoms with Gasteiger partial charge in [-0.05, 0) is 45.0 Å². The van der Waals surface area contributed by atoms with Gasteiger partial charge >= 0.3 is 0 Å². The largest absolute Gasteiger partial charge is 0.484 e. The normalized spacial score (nSPS) is 20.2. The second-order valence-electron chi connectivity index (χ2n) is 8.52. The molecule has 0 spiro atoms. The number of piperazine rings is 1. The molecule has 3 amide bonds. The Bertz CT molecular complexity index is 767. The maximum atomic E-state index is 12.8. The molecule has 1 aromatic carbocycles. The summed E-state index contributed by atoms with van der Waals surface area (Å²) in [5.74, 6) is 0.226. The second-order valence-corrected chi connectivity index (χ2v) is 8.96. The summed E-state index contributed by atoms with van der Waals surface area (Å²) in [5.41, 5.74) is -0.276. The molecule has 2 heterocycles. The summed E-state index contributed by atoms with van der Waals surface area (Å²) in [6.45, 7) is 8.26. The first-order chi connectivity index (χ1) is 13.6. The second kappa shape index (κ2) is 8.61. The zero-order valence-electron chi connectivity index (χ0n) is 17.2. The molecule has 2 aliphatic rings. The number of halogens is 1. The van der Waals surface area contributed by atoms with Gasteiger partial charge in [0.25, 0.3) is 5.91 Å². The third kappa shape index (κ3) is 5.21. The van der Waals surface area contributed by atoms with Crippen molar-refractivity contribution in [3.8, 4) is 5.75 Å². The van der Waals surface area contributed by atoms with Gasteiger partial charge in [-0.25, -0.2) is 0 Å². The van der Waals surface area contributed by atoms with Crippen LogP contribution in [-0.2, 0) is 14.4 Å². The first-order valence-corrected chi connectivity index (χ1v) is 10.3. The van der Waals surface area contributed by atoms with E-state index >= 15 is 0 Å². The van der Waals surface area contributed by atoms with Crippen LogP contribution < -0.4 is 4.74 Å². The van der Waals surface area contributed by atoms with Crippen molar-refractivity contribution in [3.05, 3.63) is 29.3 Å². The molecule has 2 saturated heterocycles. The van der Waals surface area contributed by atoms with Gasteiger partial charge in [-0.3, -0.25) is 14.4 Å². The van der Waals surface area contributed by atoms with Crippen LogP contribution in [0.4, 0.5) is 0 Å². The monoisotopic (exact) mass is 421 g/mol. The van der Waals surface area contributed by atoms with E-state index in [1.54, 1.807) is 39.0 Å². The third-order valence-corrected chi connectivity index (χ3v) is 5.66. The van der Waals surface area contributed by atoms with Gasteiger partial charge in [-0.2, -0.15) is 0 Å². The molecule has 0 aromatic heterocycles. The lowest BCUT2D eigenvalue weighted by Crippen LogP contribution is -2.53. The number of ether oxygens (including phenoxy) is 1. The number of hydrogen-bond donors (Lipinski definition) is 0. The summed E-state index contributed by atoms with van der Waals surface area (Å²) >= 11 is 5.84. The number of amides is 3. The number of carbonyl (C=O) groups is 3. The van der Waals surface area contributed by atoms with E-state index in [0.717, 1.165) is 0 Å². The van der Waals surface area contributed by atoms with Crippen LogP contribution in [-0.4, -0.2) is 77.3 Å². The molecule has 0 saturated carbocycles. The molecule has 0 N–H and O–H groups in total. The Morgan fingerprint density at radius 1 is 1.07 bits per heavy atom. The van der Waals surface area contributed by atoms with Crippen molar-refractivity contribution >= 4 is 29.3 Å². The van der Waals surface area contributed by atoms with Crippen molar-refractivity contribution in [3.63, 3.8) is 0 Å². The van der Waals surface area contributed by atoms with E-state index in [1.165, 1.54) is 0 Å². The molecular formula is C21H28ClN3O4. The van der Waals surface area contributed by atoms with Crippen molar-refractivity contribution in [2.24, 2.45) is 5.92 Å². The van der Waals surface area contributed by atoms with Gasteiger partial charge in [-0.15, -0.1) is 0 Å². The summed E-state index contributed by atoms with van der Waals surface area (Å²) in [6, 6.07) is 6.85. The van der Waals surface area contributed by atoms with Gasteiger partial charge in [0, 0.05) is 49.7 Å². The average molecular weight is 422 g/mol. The molecular weight excluding hydrogens is 394 g/mol. The quantitative estimate of drug-likeness (QED) is 0.746. The van der Waals surface area contributed by atoms with Gasteiger partial charge in [0.15, 0.2) is 6.61 Å². The van der Waals surface area contributed by atoms with Gasteiger partial charge in [0.1, 0.15) is 5.75 Å². The number of likely N-dealkylation sites (tertiary alicyclic amines) is 1. The van der Waals surface area contributed by atoms with Crippen LogP contribution in [0.3, 0.4) is 0 Å². The Hall–Kier alpha value is -2.28. The van der Waals surface area contributed by atoms with Crippen molar-refractivity contribution < 1.29 is 19.1 Å². The first kappa shape index (κ1) is 21.4. The fourth-order valence-electron chi connectivity index (χ4n) is 3.72. The third-order valence-electron chi connectivity index (χ3n) is 5.40. The fraction of sp³-hybridized carbons (Fsp3) is 0.571. The smallest absolute Gasteiger partial charge is 0.260 e. The van der Waals surface area contributed by atoms with Crippen molar-refractivity contribution in [1.29, 1.82) is 0 Å². The first-order valence-electron chi connectivity index (χ1n) is 9.90. The highest BCUT2D eigenvalue weighted by Gasteiger charge is 2.41. The van der Waals surface area contributed by atoms with Gasteiger partial charge < -0.3 is 19.4 Å². The minimum absolute atomic E-state index is 0.00890. The van der Waals surface area contributed by atoms with Gasteiger partial charge in [0.2, 0.25) is 11.8 Å². The molecule has 29 heavy (non-hydrogen) atoms. The molecule has 3 rings (SSSR count). The van der Waals surface area contributed by atoms with Crippen LogP contribution in [0.15, 0.2) is 24.3 Å². The number of nitrogens with zero attached hydrogens (tertiary/aromatic N) is 3. The Labute approximate surface area is 176 Å². The Balaban J connectivity index is 1.46. The highest BCUT2D eigenvalue weighted by atomic mass is 35.5. The highest BCUT2D eigenvalue weighted by molar-refractivity contribution is 6.30. The molecule has 0 aliphatic carbocycles. The molecule has 1 atom stereocenters. The summed E-state index contributed by atoms with van der Waals surface area (Å²) in [7, 11) is 0. The van der Waals surface area contributed by atoms with E-state index in [9.17, 15) is 14.4 Å². The number of carbonyl (C=O) groups excluding carboxylic acids is 3. The molecule has 8 heteroatoms. The summed E-state index contributed by atoms with van der Waals surface area (Å²) in [4.78, 5) is 42.7. The van der Waals surface area contributed by atoms with Crippen molar-refractivity contribution in [2.45, 2.75) is 32.7 Å². The van der Waals surface area contributed by atoms with E-state index in [1.807, 2.05) is 20.8 Å². The zero-order chi connectivity index (χ0) is 21.2. The van der Waals surface area contributed by atoms with E-state index in [2.05, 4.69) is 0 Å². The predicted molar refractivity (Wildman–Crippen MR) is 110 cm³/mol. The van der Waals surface area contributed by atoms with E-state index < -0.39 is 0 Å². The molecule has 2 aliphatic heterocycles. The molecule has 0 bridgehead atoms. The van der Waals surface area contributed by atoms with E-state index in [0.29, 0.717) is 43.5 Å². The van der Waals surface area contributed by atoms with Crippen LogP contribution >= 0.6 is 11.6 Å². The van der Waals surface area contributed by atoms with E-state index in [4.69, 9.17) is 16.3 Å². The lowest BCUT2D eigenvalue weighted by Gasteiger charge is -2.36. The van der Waals surface area contributed by atoms with Gasteiger partial charge in [0.05, 0.1) is 5.92 Å². The molecule has 1 unspecified atom stereocenters. The molecule has 0 radical (unpaired) electrons. The van der Waals surface area contributed by atoms with E-state index in [-0.39, 0.29) is 42.2 Å². The number of benzene rings is 1. The van der Waals surface area contributed by atoms with Crippen molar-refractivity contribution in [1.82, 2.24) is 14.7 Å². The summed E-state index contributed by atoms with van der Waals surface area (Å²) < 4.78 is 5.51. The molecule has 7 nitrogen and oxygen atoms in total. The fourth-order valence-corrected chi connectivity index (χ4v) is 3.85. The minimum Gasteiger partial charge on any atom is -0.484 e. The molecule has 2 fully saturated rings. The molecule has 158 valence electrons. The maximum Gasteiger partial charge on any atom is 0.260 e. The zero-order valence-corrected chi connectivity index (χ0v) is 17.9. The standard InChI is InChI=1S/C21H28ClN3O4/c1-21(2,3)25-13-15(12-18(25)26)20(28)24-10-8-23(9-11-24)19(27)14-29-17-6-4-16(22)5-7-17/h4-7,15H,8-14H2,1-3H3. The lowest BCUT2D eigenvalue weighted by atomic mass is 10.1. The number of rotatable bonds is 4. The summed E-state index contributed by atoms with van der Waals surface area (Å²) in [5, 5.41) is 0.610. The SMILES string of the molecule is CC(C)(C)N1CC(C(=O)N2CCN(C(=O)COc3ccc(Cl)cc3)CC2)CC1=O. The summed E-state index contributed by atoms with van der Waals surface area (Å²) in [6.07, 6.45) is 0.268. The Kier molecular flexibility index (Phi) is 6.36. The van der Waals surface area contributed by atoms with Crippen LogP contribution in [0.5, 0.6) is 5.75 Å². The molecule has 1 aromatic rings. The number of hydrogen-bond acceptors (Lipinski definition) is 4. The lowest BCUT2D eigenvalue weighted by molar-refractivity contribution is -0.142. The Morgan fingerprint density at radius 3 is 2.21 bits per heavy atom. The predicted octanol–water partition coefficient (Wildman–Crippen LogP) is 2.04. The van der Waals surface area contributed by atoms with Gasteiger partial charge in [-0.1, -0.05) is 11.6 Å². The minimum atomic E-state index is -0.294.